The molecule has 4 nitrogen and oxygen atoms in total. The quantitative estimate of drug-likeness (QED) is 0.861. The fourth-order valence-corrected chi connectivity index (χ4v) is 2.22. The van der Waals surface area contributed by atoms with Crippen LogP contribution >= 0.6 is 0 Å². The van der Waals surface area contributed by atoms with Crippen LogP contribution in [0.4, 0.5) is 13.2 Å². The van der Waals surface area contributed by atoms with Crippen molar-refractivity contribution < 1.29 is 27.4 Å². The SMILES string of the molecule is CCOc1cc([C@@H](N)c2ccc(OC(F)(F)F)cc2)ccc1OC. The number of rotatable bonds is 6. The lowest BCUT2D eigenvalue weighted by molar-refractivity contribution is -0.274. The van der Waals surface area contributed by atoms with E-state index >= 15 is 0 Å². The topological polar surface area (TPSA) is 53.7 Å². The second-order valence-corrected chi connectivity index (χ2v) is 4.94. The van der Waals surface area contributed by atoms with Gasteiger partial charge >= 0.3 is 6.36 Å². The van der Waals surface area contributed by atoms with Gasteiger partial charge < -0.3 is 19.9 Å². The first-order valence-corrected chi connectivity index (χ1v) is 7.26. The molecule has 0 spiro atoms. The second-order valence-electron chi connectivity index (χ2n) is 4.94. The van der Waals surface area contributed by atoms with Crippen LogP contribution in [0.3, 0.4) is 0 Å². The van der Waals surface area contributed by atoms with Crippen LogP contribution < -0.4 is 19.9 Å². The summed E-state index contributed by atoms with van der Waals surface area (Å²) in [5.74, 6) is 0.856. The summed E-state index contributed by atoms with van der Waals surface area (Å²) in [7, 11) is 1.54. The van der Waals surface area contributed by atoms with Crippen LogP contribution in [0.2, 0.25) is 0 Å². The van der Waals surface area contributed by atoms with Gasteiger partial charge in [-0.2, -0.15) is 0 Å². The zero-order chi connectivity index (χ0) is 17.7. The van der Waals surface area contributed by atoms with Crippen LogP contribution in [0.25, 0.3) is 0 Å². The molecule has 0 saturated carbocycles. The van der Waals surface area contributed by atoms with Gasteiger partial charge in [-0.15, -0.1) is 13.2 Å². The molecule has 2 rings (SSSR count). The number of hydrogen-bond acceptors (Lipinski definition) is 4. The third kappa shape index (κ3) is 4.55. The molecule has 2 aromatic carbocycles. The minimum Gasteiger partial charge on any atom is -0.493 e. The van der Waals surface area contributed by atoms with Crippen molar-refractivity contribution in [3.05, 3.63) is 53.6 Å². The van der Waals surface area contributed by atoms with Crippen LogP contribution in [-0.2, 0) is 0 Å². The maximum Gasteiger partial charge on any atom is 0.573 e. The Morgan fingerprint density at radius 2 is 1.62 bits per heavy atom. The zero-order valence-corrected chi connectivity index (χ0v) is 13.3. The normalized spacial score (nSPS) is 12.6. The van der Waals surface area contributed by atoms with Crippen LogP contribution in [0.5, 0.6) is 17.2 Å². The van der Waals surface area contributed by atoms with Gasteiger partial charge in [0.2, 0.25) is 0 Å². The molecule has 7 heteroatoms. The Morgan fingerprint density at radius 1 is 1.00 bits per heavy atom. The molecular formula is C17H18F3NO3. The maximum absolute atomic E-state index is 12.2. The molecule has 0 bridgehead atoms. The largest absolute Gasteiger partial charge is 0.573 e. The highest BCUT2D eigenvalue weighted by Gasteiger charge is 2.31. The molecule has 0 aliphatic rings. The van der Waals surface area contributed by atoms with E-state index in [1.54, 1.807) is 18.2 Å². The van der Waals surface area contributed by atoms with Gasteiger partial charge in [0.05, 0.1) is 19.8 Å². The van der Waals surface area contributed by atoms with Crippen molar-refractivity contribution in [2.75, 3.05) is 13.7 Å². The van der Waals surface area contributed by atoms with E-state index in [1.165, 1.54) is 31.4 Å². The number of halogens is 3. The molecule has 0 aliphatic carbocycles. The highest BCUT2D eigenvalue weighted by Crippen LogP contribution is 2.32. The van der Waals surface area contributed by atoms with Crippen molar-refractivity contribution in [3.8, 4) is 17.2 Å². The van der Waals surface area contributed by atoms with E-state index in [9.17, 15) is 13.2 Å². The molecule has 0 amide bonds. The number of nitrogens with two attached hydrogens (primary N) is 1. The van der Waals surface area contributed by atoms with E-state index in [0.29, 0.717) is 23.7 Å². The smallest absolute Gasteiger partial charge is 0.493 e. The van der Waals surface area contributed by atoms with E-state index in [-0.39, 0.29) is 5.75 Å². The van der Waals surface area contributed by atoms with E-state index < -0.39 is 12.4 Å². The molecule has 1 atom stereocenters. The van der Waals surface area contributed by atoms with E-state index in [4.69, 9.17) is 15.2 Å². The Bertz CT molecular complexity index is 672. The predicted octanol–water partition coefficient (Wildman–Crippen LogP) is 4.04. The molecule has 0 radical (unpaired) electrons. The van der Waals surface area contributed by atoms with Gasteiger partial charge in [-0.05, 0) is 42.3 Å². The molecule has 0 aromatic heterocycles. The van der Waals surface area contributed by atoms with Crippen molar-refractivity contribution in [2.45, 2.75) is 19.3 Å². The summed E-state index contributed by atoms with van der Waals surface area (Å²) < 4.78 is 51.1. The minimum absolute atomic E-state index is 0.289. The van der Waals surface area contributed by atoms with Gasteiger partial charge in [0, 0.05) is 0 Å². The minimum atomic E-state index is -4.72. The van der Waals surface area contributed by atoms with Crippen molar-refractivity contribution >= 4 is 0 Å². The number of hydrogen-bond donors (Lipinski definition) is 1. The van der Waals surface area contributed by atoms with Crippen molar-refractivity contribution in [1.82, 2.24) is 0 Å². The molecule has 130 valence electrons. The Labute approximate surface area is 137 Å². The molecule has 2 aromatic rings. The Morgan fingerprint density at radius 3 is 2.17 bits per heavy atom. The van der Waals surface area contributed by atoms with Crippen LogP contribution in [0.1, 0.15) is 24.1 Å². The van der Waals surface area contributed by atoms with Crippen molar-refractivity contribution in [1.29, 1.82) is 0 Å². The third-order valence-corrected chi connectivity index (χ3v) is 3.32. The average molecular weight is 341 g/mol. The van der Waals surface area contributed by atoms with E-state index in [2.05, 4.69) is 4.74 Å². The van der Waals surface area contributed by atoms with Crippen molar-refractivity contribution in [3.63, 3.8) is 0 Å². The number of ether oxygens (including phenoxy) is 3. The third-order valence-electron chi connectivity index (χ3n) is 3.32. The zero-order valence-electron chi connectivity index (χ0n) is 13.3. The predicted molar refractivity (Wildman–Crippen MR) is 83.3 cm³/mol. The van der Waals surface area contributed by atoms with E-state index in [0.717, 1.165) is 5.56 Å². The lowest BCUT2D eigenvalue weighted by Gasteiger charge is -2.16. The number of methoxy groups -OCH3 is 1. The van der Waals surface area contributed by atoms with Gasteiger partial charge in [-0.3, -0.25) is 0 Å². The summed E-state index contributed by atoms with van der Waals surface area (Å²) in [5, 5.41) is 0. The Balaban J connectivity index is 2.22. The molecule has 0 heterocycles. The fourth-order valence-electron chi connectivity index (χ4n) is 2.22. The highest BCUT2D eigenvalue weighted by molar-refractivity contribution is 5.46. The average Bonchev–Trinajstić information content (AvgIpc) is 2.54. The molecule has 2 N–H and O–H groups in total. The van der Waals surface area contributed by atoms with Crippen molar-refractivity contribution in [2.24, 2.45) is 5.73 Å². The number of alkyl halides is 3. The van der Waals surface area contributed by atoms with Gasteiger partial charge in [0.25, 0.3) is 0 Å². The van der Waals surface area contributed by atoms with Gasteiger partial charge in [-0.25, -0.2) is 0 Å². The first-order chi connectivity index (χ1) is 11.3. The molecule has 0 aliphatic heterocycles. The van der Waals surface area contributed by atoms with Crippen LogP contribution in [-0.4, -0.2) is 20.1 Å². The summed E-state index contributed by atoms with van der Waals surface area (Å²) in [4.78, 5) is 0. The number of benzene rings is 2. The summed E-state index contributed by atoms with van der Waals surface area (Å²) in [6, 6.07) is 10.2. The lowest BCUT2D eigenvalue weighted by atomic mass is 9.99. The van der Waals surface area contributed by atoms with Gasteiger partial charge in [0.15, 0.2) is 11.5 Å². The molecule has 0 saturated heterocycles. The van der Waals surface area contributed by atoms with Gasteiger partial charge in [-0.1, -0.05) is 18.2 Å². The highest BCUT2D eigenvalue weighted by atomic mass is 19.4. The summed E-state index contributed by atoms with van der Waals surface area (Å²) in [5.41, 5.74) is 7.59. The standard InChI is InChI=1S/C17H18F3NO3/c1-3-23-15-10-12(6-9-14(15)22-2)16(21)11-4-7-13(8-5-11)24-17(18,19)20/h4-10,16H,3,21H2,1-2H3/t16-/m0/s1. The lowest BCUT2D eigenvalue weighted by Crippen LogP contribution is -2.17. The van der Waals surface area contributed by atoms with Crippen LogP contribution in [0, 0.1) is 0 Å². The maximum atomic E-state index is 12.2. The summed E-state index contributed by atoms with van der Waals surface area (Å²) in [6.45, 7) is 2.32. The first kappa shape index (κ1) is 17.9. The molecule has 0 unspecified atom stereocenters. The molecular weight excluding hydrogens is 323 g/mol. The summed E-state index contributed by atoms with van der Waals surface area (Å²) >= 11 is 0. The molecule has 24 heavy (non-hydrogen) atoms. The van der Waals surface area contributed by atoms with Gasteiger partial charge in [0.1, 0.15) is 5.75 Å². The first-order valence-electron chi connectivity index (χ1n) is 7.26. The summed E-state index contributed by atoms with van der Waals surface area (Å²) in [6.07, 6.45) is -4.72. The van der Waals surface area contributed by atoms with E-state index in [1.807, 2.05) is 6.92 Å². The Hall–Kier alpha value is -2.41. The monoisotopic (exact) mass is 341 g/mol. The van der Waals surface area contributed by atoms with Crippen LogP contribution in [0.15, 0.2) is 42.5 Å². The molecule has 0 fully saturated rings. The second kappa shape index (κ2) is 7.44. The Kier molecular flexibility index (Phi) is 5.56. The fraction of sp³-hybridized carbons (Fsp3) is 0.294.